The molecule has 1 saturated heterocycles. The highest BCUT2D eigenvalue weighted by Gasteiger charge is 2.26. The average Bonchev–Trinajstić information content (AvgIpc) is 2.92. The second-order valence-electron chi connectivity index (χ2n) is 3.46. The van der Waals surface area contributed by atoms with E-state index in [9.17, 15) is 14.4 Å². The molecular weight excluding hydrogens is 290 g/mol. The molecule has 0 aliphatic carbocycles. The lowest BCUT2D eigenvalue weighted by Crippen LogP contribution is -2.24. The van der Waals surface area contributed by atoms with Crippen LogP contribution in [0.3, 0.4) is 0 Å². The van der Waals surface area contributed by atoms with E-state index >= 15 is 0 Å². The zero-order chi connectivity index (χ0) is 15.3. The molecule has 0 bridgehead atoms. The second-order valence-corrected chi connectivity index (χ2v) is 4.29. The Hall–Kier alpha value is -2.53. The lowest BCUT2D eigenvalue weighted by atomic mass is 10.4. The molecule has 1 aliphatic heterocycles. The number of hydrogen-bond acceptors (Lipinski definition) is 7. The number of carbonyl (C=O) groups excluding carboxylic acids is 2. The Morgan fingerprint density at radius 2 is 1.90 bits per heavy atom. The number of hydroxylamine groups is 2. The Morgan fingerprint density at radius 3 is 2.20 bits per heavy atom. The lowest BCUT2D eigenvalue weighted by molar-refractivity contribution is -0.171. The van der Waals surface area contributed by atoms with Gasteiger partial charge in [0, 0.05) is 18.2 Å². The van der Waals surface area contributed by atoms with Gasteiger partial charge in [0.25, 0.3) is 11.8 Å². The standard InChI is InChI=1S/C5H6N4O2S.C4H5NO3/c6-4(7)9-5-8-2(1-12-5)3(10)11;6-3-1-2-4(7)5(3)8/h1H,(H,10,11)(H4,6,7,8,9);8H,1-2H2. The zero-order valence-electron chi connectivity index (χ0n) is 10.0. The number of guanidine groups is 1. The number of aliphatic imine (C=N–C) groups is 1. The first-order valence-corrected chi connectivity index (χ1v) is 6.02. The summed E-state index contributed by atoms with van der Waals surface area (Å²) in [4.78, 5) is 38.0. The molecule has 1 aromatic heterocycles. The predicted molar refractivity (Wildman–Crippen MR) is 67.4 cm³/mol. The van der Waals surface area contributed by atoms with Crippen molar-refractivity contribution < 1.29 is 24.7 Å². The molecule has 1 fully saturated rings. The van der Waals surface area contributed by atoms with Gasteiger partial charge in [-0.25, -0.2) is 9.78 Å². The Kier molecular flexibility index (Phi) is 5.11. The molecule has 0 aromatic carbocycles. The van der Waals surface area contributed by atoms with Crippen molar-refractivity contribution in [1.82, 2.24) is 10.0 Å². The number of hydrogen-bond donors (Lipinski definition) is 4. The number of carbonyl (C=O) groups is 3. The van der Waals surface area contributed by atoms with Gasteiger partial charge >= 0.3 is 5.97 Å². The monoisotopic (exact) mass is 301 g/mol. The van der Waals surface area contributed by atoms with Gasteiger partial charge in [-0.2, -0.15) is 10.1 Å². The van der Waals surface area contributed by atoms with E-state index < -0.39 is 17.8 Å². The van der Waals surface area contributed by atoms with E-state index in [4.69, 9.17) is 21.8 Å². The quantitative estimate of drug-likeness (QED) is 0.239. The molecule has 0 radical (unpaired) electrons. The molecule has 2 heterocycles. The van der Waals surface area contributed by atoms with Crippen molar-refractivity contribution in [1.29, 1.82) is 0 Å². The van der Waals surface area contributed by atoms with E-state index in [2.05, 4.69) is 9.98 Å². The Morgan fingerprint density at radius 1 is 1.35 bits per heavy atom. The Labute approximate surface area is 116 Å². The largest absolute Gasteiger partial charge is 0.476 e. The second kappa shape index (κ2) is 6.58. The molecule has 108 valence electrons. The minimum absolute atomic E-state index is 0.0556. The maximum atomic E-state index is 10.3. The minimum atomic E-state index is -1.09. The highest BCUT2D eigenvalue weighted by atomic mass is 32.1. The van der Waals surface area contributed by atoms with Crippen molar-refractivity contribution in [2.75, 3.05) is 0 Å². The molecule has 1 aromatic rings. The first-order valence-electron chi connectivity index (χ1n) is 5.14. The third kappa shape index (κ3) is 4.29. The van der Waals surface area contributed by atoms with Crippen molar-refractivity contribution in [3.63, 3.8) is 0 Å². The van der Waals surface area contributed by atoms with Crippen LogP contribution in [0.2, 0.25) is 0 Å². The molecule has 2 amide bonds. The number of amides is 2. The molecule has 20 heavy (non-hydrogen) atoms. The number of aromatic carboxylic acids is 1. The number of thiazole rings is 1. The fourth-order valence-electron chi connectivity index (χ4n) is 1.09. The van der Waals surface area contributed by atoms with Crippen LogP contribution in [-0.4, -0.2) is 44.1 Å². The van der Waals surface area contributed by atoms with Crippen LogP contribution in [0.5, 0.6) is 0 Å². The number of carboxylic acids is 1. The van der Waals surface area contributed by atoms with Gasteiger partial charge in [0.1, 0.15) is 0 Å². The van der Waals surface area contributed by atoms with Crippen LogP contribution in [0.25, 0.3) is 0 Å². The minimum Gasteiger partial charge on any atom is -0.476 e. The fourth-order valence-corrected chi connectivity index (χ4v) is 1.77. The molecule has 6 N–H and O–H groups in total. The van der Waals surface area contributed by atoms with Crippen LogP contribution in [-0.2, 0) is 9.59 Å². The maximum Gasteiger partial charge on any atom is 0.355 e. The molecule has 0 atom stereocenters. The molecule has 11 heteroatoms. The summed E-state index contributed by atoms with van der Waals surface area (Å²) in [6, 6.07) is 0. The van der Waals surface area contributed by atoms with Gasteiger partial charge in [-0.3, -0.25) is 14.8 Å². The summed E-state index contributed by atoms with van der Waals surface area (Å²) in [7, 11) is 0. The van der Waals surface area contributed by atoms with Gasteiger partial charge in [0.15, 0.2) is 11.7 Å². The molecule has 1 aliphatic rings. The molecule has 10 nitrogen and oxygen atoms in total. The number of carboxylic acid groups (broad SMARTS) is 1. The Bertz CT molecular complexity index is 549. The molecule has 0 unspecified atom stereocenters. The van der Waals surface area contributed by atoms with Crippen LogP contribution in [0.4, 0.5) is 5.13 Å². The normalized spacial score (nSPS) is 13.8. The van der Waals surface area contributed by atoms with Gasteiger partial charge in [-0.15, -0.1) is 11.3 Å². The summed E-state index contributed by atoms with van der Waals surface area (Å²) in [6.45, 7) is 0. The highest BCUT2D eigenvalue weighted by molar-refractivity contribution is 7.13. The van der Waals surface area contributed by atoms with E-state index in [1.54, 1.807) is 0 Å². The van der Waals surface area contributed by atoms with Crippen LogP contribution in [0, 0.1) is 0 Å². The van der Waals surface area contributed by atoms with Gasteiger partial charge in [-0.1, -0.05) is 0 Å². The van der Waals surface area contributed by atoms with E-state index in [1.807, 2.05) is 0 Å². The summed E-state index contributed by atoms with van der Waals surface area (Å²) in [5.41, 5.74) is 10.1. The number of imide groups is 1. The molecular formula is C9H11N5O5S. The van der Waals surface area contributed by atoms with Crippen molar-refractivity contribution in [3.05, 3.63) is 11.1 Å². The lowest BCUT2D eigenvalue weighted by Gasteiger charge is -1.98. The average molecular weight is 301 g/mol. The van der Waals surface area contributed by atoms with Gasteiger partial charge in [0.2, 0.25) is 5.13 Å². The summed E-state index contributed by atoms with van der Waals surface area (Å²) >= 11 is 1.07. The molecule has 2 rings (SSSR count). The number of aromatic nitrogens is 1. The number of nitrogens with zero attached hydrogens (tertiary/aromatic N) is 3. The number of rotatable bonds is 2. The van der Waals surface area contributed by atoms with E-state index in [-0.39, 0.29) is 34.7 Å². The topological polar surface area (TPSA) is 172 Å². The SMILES string of the molecule is NC(N)=Nc1nc(C(=O)O)cs1.O=C1CCC(=O)N1O. The number of nitrogens with two attached hydrogens (primary N) is 2. The van der Waals surface area contributed by atoms with E-state index in [1.165, 1.54) is 5.38 Å². The van der Waals surface area contributed by atoms with Crippen molar-refractivity contribution in [2.45, 2.75) is 12.8 Å². The highest BCUT2D eigenvalue weighted by Crippen LogP contribution is 2.17. The molecule has 0 saturated carbocycles. The summed E-state index contributed by atoms with van der Waals surface area (Å²) < 4.78 is 0. The van der Waals surface area contributed by atoms with Crippen LogP contribution < -0.4 is 11.5 Å². The Balaban J connectivity index is 0.000000217. The first-order chi connectivity index (χ1) is 9.31. The maximum absolute atomic E-state index is 10.3. The molecule has 0 spiro atoms. The predicted octanol–water partition coefficient (Wildman–Crippen LogP) is -0.729. The summed E-state index contributed by atoms with van der Waals surface area (Å²) in [5, 5.41) is 18.6. The third-order valence-corrected chi connectivity index (χ3v) is 2.70. The van der Waals surface area contributed by atoms with Gasteiger partial charge in [0.05, 0.1) is 0 Å². The van der Waals surface area contributed by atoms with Crippen LogP contribution >= 0.6 is 11.3 Å². The van der Waals surface area contributed by atoms with E-state index in [0.29, 0.717) is 0 Å². The third-order valence-electron chi connectivity index (χ3n) is 1.96. The van der Waals surface area contributed by atoms with Crippen molar-refractivity contribution in [3.8, 4) is 0 Å². The summed E-state index contributed by atoms with van der Waals surface area (Å²) in [6.07, 6.45) is 0.296. The zero-order valence-corrected chi connectivity index (χ0v) is 10.8. The van der Waals surface area contributed by atoms with E-state index in [0.717, 1.165) is 11.3 Å². The summed E-state index contributed by atoms with van der Waals surface area (Å²) in [5.74, 6) is -2.24. The van der Waals surface area contributed by atoms with Crippen molar-refractivity contribution in [2.24, 2.45) is 16.5 Å². The van der Waals surface area contributed by atoms with Crippen molar-refractivity contribution >= 4 is 40.2 Å². The van der Waals surface area contributed by atoms with Crippen LogP contribution in [0.15, 0.2) is 10.4 Å². The smallest absolute Gasteiger partial charge is 0.355 e. The van der Waals surface area contributed by atoms with Crippen LogP contribution in [0.1, 0.15) is 23.3 Å². The fraction of sp³-hybridized carbons (Fsp3) is 0.222. The van der Waals surface area contributed by atoms with Gasteiger partial charge < -0.3 is 16.6 Å². The van der Waals surface area contributed by atoms with Gasteiger partial charge in [-0.05, 0) is 0 Å². The first kappa shape index (κ1) is 15.5.